The number of hydrazine groups is 1. The number of rotatable bonds is 4. The van der Waals surface area contributed by atoms with Gasteiger partial charge >= 0.3 is 0 Å². The van der Waals surface area contributed by atoms with Crippen molar-refractivity contribution in [3.63, 3.8) is 0 Å². The van der Waals surface area contributed by atoms with Crippen LogP contribution < -0.4 is 16.2 Å². The van der Waals surface area contributed by atoms with Gasteiger partial charge < -0.3 is 5.32 Å². The molecule has 3 atom stereocenters. The average Bonchev–Trinajstić information content (AvgIpc) is 3.30. The summed E-state index contributed by atoms with van der Waals surface area (Å²) in [7, 11) is 0. The van der Waals surface area contributed by atoms with Crippen molar-refractivity contribution < 1.29 is 4.79 Å². The zero-order valence-corrected chi connectivity index (χ0v) is 14.9. The Bertz CT molecular complexity index is 925. The molecular formula is C18H19ClN6O. The molecule has 2 aromatic heterocycles. The minimum absolute atomic E-state index is 0.0623. The van der Waals surface area contributed by atoms with Crippen LogP contribution in [0.2, 0.25) is 5.02 Å². The summed E-state index contributed by atoms with van der Waals surface area (Å²) in [6, 6.07) is 12.8. The van der Waals surface area contributed by atoms with Crippen LogP contribution in [0.3, 0.4) is 0 Å². The van der Waals surface area contributed by atoms with E-state index in [1.165, 1.54) is 0 Å². The fraction of sp³-hybridized carbons (Fsp3) is 0.278. The molecule has 7 nitrogen and oxygen atoms in total. The molecule has 0 aliphatic carbocycles. The molecule has 3 N–H and O–H groups in total. The van der Waals surface area contributed by atoms with Gasteiger partial charge in [-0.3, -0.25) is 9.20 Å². The highest BCUT2D eigenvalue weighted by molar-refractivity contribution is 6.30. The van der Waals surface area contributed by atoms with Gasteiger partial charge in [-0.05, 0) is 43.2 Å². The molecule has 1 aliphatic heterocycles. The second-order valence-electron chi connectivity index (χ2n) is 6.40. The largest absolute Gasteiger partial charge is 0.345 e. The molecule has 134 valence electrons. The second-order valence-corrected chi connectivity index (χ2v) is 6.83. The van der Waals surface area contributed by atoms with Gasteiger partial charge in [0.05, 0.1) is 6.04 Å². The van der Waals surface area contributed by atoms with Crippen molar-refractivity contribution >= 4 is 23.2 Å². The SMILES string of the molecule is CC(NC(=O)C1CC(c2ccc(Cl)cc2)NN1)c1nnc2ccccn12. The van der Waals surface area contributed by atoms with E-state index < -0.39 is 0 Å². The minimum Gasteiger partial charge on any atom is -0.345 e. The molecule has 0 radical (unpaired) electrons. The van der Waals surface area contributed by atoms with Crippen LogP contribution in [0.25, 0.3) is 5.65 Å². The number of pyridine rings is 1. The Kier molecular flexibility index (Phi) is 4.58. The quantitative estimate of drug-likeness (QED) is 0.655. The van der Waals surface area contributed by atoms with E-state index in [1.807, 2.05) is 60.0 Å². The lowest BCUT2D eigenvalue weighted by atomic mass is 10.0. The molecule has 3 aromatic rings. The first-order valence-electron chi connectivity index (χ1n) is 8.48. The van der Waals surface area contributed by atoms with Gasteiger partial charge in [-0.15, -0.1) is 10.2 Å². The summed E-state index contributed by atoms with van der Waals surface area (Å²) >= 11 is 5.93. The Morgan fingerprint density at radius 2 is 2.04 bits per heavy atom. The third-order valence-electron chi connectivity index (χ3n) is 4.58. The van der Waals surface area contributed by atoms with Crippen molar-refractivity contribution in [1.82, 2.24) is 30.8 Å². The standard InChI is InChI=1S/C18H19ClN6O/c1-11(17-24-23-16-4-2-3-9-25(16)17)20-18(26)15-10-14(21-22-15)12-5-7-13(19)8-6-12/h2-9,11,14-15,21-22H,10H2,1H3,(H,20,26). The highest BCUT2D eigenvalue weighted by Gasteiger charge is 2.31. The summed E-state index contributed by atoms with van der Waals surface area (Å²) in [5, 5.41) is 12.0. The molecule has 0 bridgehead atoms. The summed E-state index contributed by atoms with van der Waals surface area (Å²) in [5.41, 5.74) is 8.09. The number of benzene rings is 1. The Labute approximate surface area is 155 Å². The van der Waals surface area contributed by atoms with Gasteiger partial charge in [-0.25, -0.2) is 10.9 Å². The average molecular weight is 371 g/mol. The number of nitrogens with one attached hydrogen (secondary N) is 3. The monoisotopic (exact) mass is 370 g/mol. The van der Waals surface area contributed by atoms with Gasteiger partial charge in [0.25, 0.3) is 0 Å². The van der Waals surface area contributed by atoms with Gasteiger partial charge in [-0.1, -0.05) is 29.8 Å². The van der Waals surface area contributed by atoms with Crippen LogP contribution in [0.4, 0.5) is 0 Å². The van der Waals surface area contributed by atoms with E-state index in [0.29, 0.717) is 17.3 Å². The Morgan fingerprint density at radius 1 is 1.23 bits per heavy atom. The van der Waals surface area contributed by atoms with Crippen LogP contribution in [0.5, 0.6) is 0 Å². The molecule has 0 spiro atoms. The van der Waals surface area contributed by atoms with E-state index in [4.69, 9.17) is 11.6 Å². The molecule has 0 saturated carbocycles. The number of carbonyl (C=O) groups is 1. The molecule has 3 heterocycles. The highest BCUT2D eigenvalue weighted by atomic mass is 35.5. The molecule has 1 aliphatic rings. The predicted molar refractivity (Wildman–Crippen MR) is 98.4 cm³/mol. The Morgan fingerprint density at radius 3 is 2.85 bits per heavy atom. The number of hydrogen-bond acceptors (Lipinski definition) is 5. The van der Waals surface area contributed by atoms with E-state index in [2.05, 4.69) is 26.4 Å². The zero-order valence-electron chi connectivity index (χ0n) is 14.2. The van der Waals surface area contributed by atoms with Crippen molar-refractivity contribution in [2.75, 3.05) is 0 Å². The third-order valence-corrected chi connectivity index (χ3v) is 4.83. The van der Waals surface area contributed by atoms with Crippen LogP contribution in [-0.2, 0) is 4.79 Å². The van der Waals surface area contributed by atoms with Crippen molar-refractivity contribution in [1.29, 1.82) is 0 Å². The lowest BCUT2D eigenvalue weighted by Gasteiger charge is -2.15. The summed E-state index contributed by atoms with van der Waals surface area (Å²) in [5.74, 6) is 0.628. The summed E-state index contributed by atoms with van der Waals surface area (Å²) < 4.78 is 1.88. The van der Waals surface area contributed by atoms with Gasteiger partial charge in [-0.2, -0.15) is 0 Å². The number of hydrogen-bond donors (Lipinski definition) is 3. The molecule has 3 unspecified atom stereocenters. The Hall–Kier alpha value is -2.48. The van der Waals surface area contributed by atoms with Gasteiger partial charge in [0.1, 0.15) is 6.04 Å². The first kappa shape index (κ1) is 17.0. The van der Waals surface area contributed by atoms with Crippen LogP contribution in [0.15, 0.2) is 48.7 Å². The number of nitrogens with zero attached hydrogens (tertiary/aromatic N) is 3. The van der Waals surface area contributed by atoms with E-state index in [-0.39, 0.29) is 24.0 Å². The Balaban J connectivity index is 1.41. The smallest absolute Gasteiger partial charge is 0.239 e. The molecule has 1 saturated heterocycles. The number of aromatic nitrogens is 3. The zero-order chi connectivity index (χ0) is 18.1. The number of fused-ring (bicyclic) bond motifs is 1. The lowest BCUT2D eigenvalue weighted by Crippen LogP contribution is -2.44. The topological polar surface area (TPSA) is 83.4 Å². The van der Waals surface area contributed by atoms with Gasteiger partial charge in [0.15, 0.2) is 11.5 Å². The van der Waals surface area contributed by atoms with E-state index >= 15 is 0 Å². The highest BCUT2D eigenvalue weighted by Crippen LogP contribution is 2.24. The molecule has 8 heteroatoms. The first-order chi connectivity index (χ1) is 12.6. The van der Waals surface area contributed by atoms with E-state index in [0.717, 1.165) is 11.2 Å². The van der Waals surface area contributed by atoms with Crippen molar-refractivity contribution in [3.8, 4) is 0 Å². The minimum atomic E-state index is -0.322. The van der Waals surface area contributed by atoms with E-state index in [1.54, 1.807) is 0 Å². The first-order valence-corrected chi connectivity index (χ1v) is 8.86. The van der Waals surface area contributed by atoms with E-state index in [9.17, 15) is 4.79 Å². The summed E-state index contributed by atoms with van der Waals surface area (Å²) in [6.07, 6.45) is 2.54. The molecule has 26 heavy (non-hydrogen) atoms. The second kappa shape index (κ2) is 7.03. The predicted octanol–water partition coefficient (Wildman–Crippen LogP) is 2.17. The van der Waals surface area contributed by atoms with Crippen molar-refractivity contribution in [2.45, 2.75) is 31.5 Å². The van der Waals surface area contributed by atoms with Gasteiger partial charge in [0.2, 0.25) is 5.91 Å². The maximum Gasteiger partial charge on any atom is 0.239 e. The van der Waals surface area contributed by atoms with Crippen LogP contribution in [-0.4, -0.2) is 26.5 Å². The molecule has 1 aromatic carbocycles. The summed E-state index contributed by atoms with van der Waals surface area (Å²) in [4.78, 5) is 12.6. The number of carbonyl (C=O) groups excluding carboxylic acids is 1. The maximum atomic E-state index is 12.6. The molecule has 1 fully saturated rings. The number of halogens is 1. The molecular weight excluding hydrogens is 352 g/mol. The lowest BCUT2D eigenvalue weighted by molar-refractivity contribution is -0.123. The maximum absolute atomic E-state index is 12.6. The third kappa shape index (κ3) is 3.29. The number of amides is 1. The molecule has 1 amide bonds. The van der Waals surface area contributed by atoms with Crippen molar-refractivity contribution in [3.05, 3.63) is 65.1 Å². The van der Waals surface area contributed by atoms with Crippen molar-refractivity contribution in [2.24, 2.45) is 0 Å². The molecule has 4 rings (SSSR count). The fourth-order valence-corrected chi connectivity index (χ4v) is 3.30. The van der Waals surface area contributed by atoms with Crippen LogP contribution in [0.1, 0.15) is 36.8 Å². The fourth-order valence-electron chi connectivity index (χ4n) is 3.18. The van der Waals surface area contributed by atoms with Gasteiger partial charge in [0, 0.05) is 17.3 Å². The van der Waals surface area contributed by atoms with Crippen LogP contribution in [0, 0.1) is 0 Å². The van der Waals surface area contributed by atoms with Crippen LogP contribution >= 0.6 is 11.6 Å². The normalized spacial score (nSPS) is 21.0. The summed E-state index contributed by atoms with van der Waals surface area (Å²) in [6.45, 7) is 1.90.